The van der Waals surface area contributed by atoms with Crippen molar-refractivity contribution in [2.24, 2.45) is 0 Å². The molecule has 164 valence electrons. The van der Waals surface area contributed by atoms with Crippen molar-refractivity contribution >= 4 is 17.5 Å². The van der Waals surface area contributed by atoms with Crippen molar-refractivity contribution in [3.63, 3.8) is 0 Å². The van der Waals surface area contributed by atoms with Crippen molar-refractivity contribution in [1.29, 1.82) is 5.26 Å². The molecule has 32 heavy (non-hydrogen) atoms. The summed E-state index contributed by atoms with van der Waals surface area (Å²) in [6, 6.07) is 17.4. The number of amides is 2. The van der Waals surface area contributed by atoms with Crippen LogP contribution in [0.1, 0.15) is 34.5 Å². The first-order valence-corrected chi connectivity index (χ1v) is 10.0. The summed E-state index contributed by atoms with van der Waals surface area (Å²) < 4.78 is 16.0. The standard InChI is InChI=1S/C24H23N3O5/c1-30-22-14-17(15-25)9-10-20(22)31-12-4-8-23(28)26-16-18-5-2-6-19(13-18)27-24(29)21-7-3-11-32-21/h2-3,5-7,9-11,13-14H,4,8,12,16H2,1H3,(H,26,28)(H,27,29). The van der Waals surface area contributed by atoms with Gasteiger partial charge in [-0.3, -0.25) is 9.59 Å². The first kappa shape index (κ1) is 22.4. The zero-order valence-corrected chi connectivity index (χ0v) is 17.6. The molecular weight excluding hydrogens is 410 g/mol. The predicted octanol–water partition coefficient (Wildman–Crippen LogP) is 3.89. The third-order valence-electron chi connectivity index (χ3n) is 4.52. The number of furan rings is 1. The van der Waals surface area contributed by atoms with Gasteiger partial charge in [0.05, 0.1) is 31.6 Å². The summed E-state index contributed by atoms with van der Waals surface area (Å²) in [6.45, 7) is 0.678. The lowest BCUT2D eigenvalue weighted by molar-refractivity contribution is -0.121. The fraction of sp³-hybridized carbons (Fsp3) is 0.208. The van der Waals surface area contributed by atoms with E-state index in [0.717, 1.165) is 5.56 Å². The number of carbonyl (C=O) groups excluding carboxylic acids is 2. The molecule has 0 aliphatic carbocycles. The van der Waals surface area contributed by atoms with Crippen LogP contribution in [-0.4, -0.2) is 25.5 Å². The van der Waals surface area contributed by atoms with E-state index < -0.39 is 0 Å². The average Bonchev–Trinajstić information content (AvgIpc) is 3.36. The van der Waals surface area contributed by atoms with Gasteiger partial charge in [0.1, 0.15) is 0 Å². The summed E-state index contributed by atoms with van der Waals surface area (Å²) in [4.78, 5) is 24.2. The molecule has 0 atom stereocenters. The Morgan fingerprint density at radius 2 is 1.97 bits per heavy atom. The lowest BCUT2D eigenvalue weighted by atomic mass is 10.2. The van der Waals surface area contributed by atoms with E-state index in [0.29, 0.717) is 48.7 Å². The lowest BCUT2D eigenvalue weighted by Crippen LogP contribution is -2.23. The van der Waals surface area contributed by atoms with Gasteiger partial charge in [0.15, 0.2) is 17.3 Å². The maximum Gasteiger partial charge on any atom is 0.291 e. The first-order valence-electron chi connectivity index (χ1n) is 10.0. The highest BCUT2D eigenvalue weighted by molar-refractivity contribution is 6.02. The number of carbonyl (C=O) groups is 2. The van der Waals surface area contributed by atoms with Gasteiger partial charge in [0.25, 0.3) is 5.91 Å². The number of nitriles is 1. The Balaban J connectivity index is 1.41. The molecular formula is C24H23N3O5. The molecule has 0 radical (unpaired) electrons. The maximum atomic E-state index is 12.1. The summed E-state index contributed by atoms with van der Waals surface area (Å²) >= 11 is 0. The van der Waals surface area contributed by atoms with E-state index in [2.05, 4.69) is 10.6 Å². The van der Waals surface area contributed by atoms with Crippen molar-refractivity contribution in [3.8, 4) is 17.6 Å². The van der Waals surface area contributed by atoms with Crippen LogP contribution < -0.4 is 20.1 Å². The number of nitrogens with zero attached hydrogens (tertiary/aromatic N) is 1. The summed E-state index contributed by atoms with van der Waals surface area (Å²) in [5, 5.41) is 14.5. The minimum absolute atomic E-state index is 0.106. The Morgan fingerprint density at radius 1 is 1.09 bits per heavy atom. The highest BCUT2D eigenvalue weighted by Crippen LogP contribution is 2.27. The van der Waals surface area contributed by atoms with Crippen LogP contribution in [-0.2, 0) is 11.3 Å². The van der Waals surface area contributed by atoms with E-state index >= 15 is 0 Å². The van der Waals surface area contributed by atoms with Crippen molar-refractivity contribution in [3.05, 3.63) is 77.7 Å². The predicted molar refractivity (Wildman–Crippen MR) is 117 cm³/mol. The Labute approximate surface area is 185 Å². The molecule has 3 aromatic rings. The Kier molecular flexibility index (Phi) is 7.87. The van der Waals surface area contributed by atoms with Crippen LogP contribution in [0.2, 0.25) is 0 Å². The minimum atomic E-state index is -0.338. The van der Waals surface area contributed by atoms with Crippen LogP contribution in [0.25, 0.3) is 0 Å². The lowest BCUT2D eigenvalue weighted by Gasteiger charge is -2.11. The van der Waals surface area contributed by atoms with Crippen molar-refractivity contribution < 1.29 is 23.5 Å². The normalized spacial score (nSPS) is 10.1. The van der Waals surface area contributed by atoms with Gasteiger partial charge in [-0.25, -0.2) is 0 Å². The van der Waals surface area contributed by atoms with Gasteiger partial charge < -0.3 is 24.5 Å². The molecule has 0 aliphatic rings. The smallest absolute Gasteiger partial charge is 0.291 e. The number of hydrogen-bond acceptors (Lipinski definition) is 6. The molecule has 2 aromatic carbocycles. The first-order chi connectivity index (χ1) is 15.6. The summed E-state index contributed by atoms with van der Waals surface area (Å²) in [5.74, 6) is 0.790. The number of benzene rings is 2. The summed E-state index contributed by atoms with van der Waals surface area (Å²) in [6.07, 6.45) is 2.26. The van der Waals surface area contributed by atoms with E-state index in [1.54, 1.807) is 48.5 Å². The molecule has 0 unspecified atom stereocenters. The van der Waals surface area contributed by atoms with Gasteiger partial charge in [-0.05, 0) is 48.4 Å². The van der Waals surface area contributed by atoms with Crippen LogP contribution in [0.15, 0.2) is 65.3 Å². The third-order valence-corrected chi connectivity index (χ3v) is 4.52. The average molecular weight is 433 g/mol. The van der Waals surface area contributed by atoms with Gasteiger partial charge in [-0.15, -0.1) is 0 Å². The molecule has 0 saturated carbocycles. The topological polar surface area (TPSA) is 114 Å². The van der Waals surface area contributed by atoms with Crippen LogP contribution in [0.3, 0.4) is 0 Å². The number of anilines is 1. The summed E-state index contributed by atoms with van der Waals surface area (Å²) in [5.41, 5.74) is 1.95. The molecule has 8 nitrogen and oxygen atoms in total. The summed E-state index contributed by atoms with van der Waals surface area (Å²) in [7, 11) is 1.51. The van der Waals surface area contributed by atoms with Crippen molar-refractivity contribution in [2.45, 2.75) is 19.4 Å². The van der Waals surface area contributed by atoms with E-state index in [9.17, 15) is 9.59 Å². The van der Waals surface area contributed by atoms with Crippen LogP contribution in [0.4, 0.5) is 5.69 Å². The molecule has 0 bridgehead atoms. The second kappa shape index (κ2) is 11.2. The Hall–Kier alpha value is -4.25. The second-order valence-electron chi connectivity index (χ2n) is 6.84. The fourth-order valence-electron chi connectivity index (χ4n) is 2.92. The third kappa shape index (κ3) is 6.37. The Morgan fingerprint density at radius 3 is 2.72 bits per heavy atom. The van der Waals surface area contributed by atoms with E-state index in [1.165, 1.54) is 13.4 Å². The highest BCUT2D eigenvalue weighted by Gasteiger charge is 2.10. The minimum Gasteiger partial charge on any atom is -0.493 e. The largest absolute Gasteiger partial charge is 0.493 e. The number of ether oxygens (including phenoxy) is 2. The number of rotatable bonds is 10. The molecule has 2 N–H and O–H groups in total. The van der Waals surface area contributed by atoms with Crippen molar-refractivity contribution in [2.75, 3.05) is 19.0 Å². The molecule has 1 heterocycles. The van der Waals surface area contributed by atoms with Crippen LogP contribution in [0.5, 0.6) is 11.5 Å². The molecule has 2 amide bonds. The molecule has 0 aliphatic heterocycles. The zero-order chi connectivity index (χ0) is 22.8. The van der Waals surface area contributed by atoms with E-state index in [4.69, 9.17) is 19.2 Å². The number of methoxy groups -OCH3 is 1. The highest BCUT2D eigenvalue weighted by atomic mass is 16.5. The number of nitrogens with one attached hydrogen (secondary N) is 2. The molecule has 0 fully saturated rings. The second-order valence-corrected chi connectivity index (χ2v) is 6.84. The van der Waals surface area contributed by atoms with Crippen molar-refractivity contribution in [1.82, 2.24) is 5.32 Å². The fourth-order valence-corrected chi connectivity index (χ4v) is 2.92. The molecule has 0 spiro atoms. The monoisotopic (exact) mass is 433 g/mol. The van der Waals surface area contributed by atoms with E-state index in [1.807, 2.05) is 12.1 Å². The van der Waals surface area contributed by atoms with Crippen LogP contribution in [0, 0.1) is 11.3 Å². The molecule has 3 rings (SSSR count). The van der Waals surface area contributed by atoms with Gasteiger partial charge in [-0.2, -0.15) is 5.26 Å². The SMILES string of the molecule is COc1cc(C#N)ccc1OCCCC(=O)NCc1cccc(NC(=O)c2ccco2)c1. The van der Waals surface area contributed by atoms with Gasteiger partial charge in [-0.1, -0.05) is 12.1 Å². The molecule has 0 saturated heterocycles. The van der Waals surface area contributed by atoms with Gasteiger partial charge in [0.2, 0.25) is 5.91 Å². The Bertz CT molecular complexity index is 1100. The maximum absolute atomic E-state index is 12.1. The molecule has 8 heteroatoms. The zero-order valence-electron chi connectivity index (χ0n) is 17.6. The quantitative estimate of drug-likeness (QED) is 0.469. The number of hydrogen-bond donors (Lipinski definition) is 2. The van der Waals surface area contributed by atoms with E-state index in [-0.39, 0.29) is 17.6 Å². The van der Waals surface area contributed by atoms with Gasteiger partial charge >= 0.3 is 0 Å². The van der Waals surface area contributed by atoms with Crippen LogP contribution >= 0.6 is 0 Å². The molecule has 1 aromatic heterocycles. The van der Waals surface area contributed by atoms with Gasteiger partial charge in [0, 0.05) is 24.7 Å².